The number of methoxy groups -OCH3 is 1. The van der Waals surface area contributed by atoms with Gasteiger partial charge < -0.3 is 24.1 Å². The third-order valence-electron chi connectivity index (χ3n) is 7.41. The summed E-state index contributed by atoms with van der Waals surface area (Å²) < 4.78 is 23.0. The van der Waals surface area contributed by atoms with Gasteiger partial charge in [0.05, 0.1) is 13.7 Å². The van der Waals surface area contributed by atoms with Gasteiger partial charge in [0.1, 0.15) is 17.1 Å². The summed E-state index contributed by atoms with van der Waals surface area (Å²) in [7, 11) is 1.60. The van der Waals surface area contributed by atoms with Gasteiger partial charge in [0.15, 0.2) is 11.6 Å². The number of amides is 1. The van der Waals surface area contributed by atoms with E-state index in [2.05, 4.69) is 20.9 Å². The molecule has 0 aromatic heterocycles. The maximum absolute atomic E-state index is 14.3. The van der Waals surface area contributed by atoms with Crippen LogP contribution in [0.1, 0.15) is 62.8 Å². The summed E-state index contributed by atoms with van der Waals surface area (Å²) in [5.41, 5.74) is 15.0. The average molecular weight is 659 g/mol. The predicted octanol–water partition coefficient (Wildman–Crippen LogP) is 5.64. The zero-order valence-electron chi connectivity index (χ0n) is 27.6. The first kappa shape index (κ1) is 35.7. The molecule has 0 aliphatic carbocycles. The SMILES string of the molecule is COc1cccc(CCNNC(=O)[C@@]2(CCC(=O)OC(C)(C)C)N=C(c3ccc(OCCCO)cc3)O[C@H]2c2ccccc2N=[N+]=[N-])c1. The van der Waals surface area contributed by atoms with E-state index in [4.69, 9.17) is 29.0 Å². The van der Waals surface area contributed by atoms with Gasteiger partial charge >= 0.3 is 5.97 Å². The van der Waals surface area contributed by atoms with E-state index in [0.717, 1.165) is 11.3 Å². The fourth-order valence-electron chi connectivity index (χ4n) is 5.17. The number of carbonyl (C=O) groups is 2. The molecule has 254 valence electrons. The smallest absolute Gasteiger partial charge is 0.306 e. The number of nitrogens with zero attached hydrogens (tertiary/aromatic N) is 4. The summed E-state index contributed by atoms with van der Waals surface area (Å²) in [5.74, 6) is 0.430. The molecule has 4 rings (SSSR count). The number of hydrazine groups is 1. The highest BCUT2D eigenvalue weighted by Gasteiger charge is 2.54. The molecular formula is C35H42N6O7. The van der Waals surface area contributed by atoms with Gasteiger partial charge in [-0.15, -0.1) is 0 Å². The molecule has 0 saturated carbocycles. The zero-order valence-corrected chi connectivity index (χ0v) is 27.6. The summed E-state index contributed by atoms with van der Waals surface area (Å²) in [6, 6.07) is 21.4. The van der Waals surface area contributed by atoms with Crippen molar-refractivity contribution in [3.63, 3.8) is 0 Å². The summed E-state index contributed by atoms with van der Waals surface area (Å²) >= 11 is 0. The van der Waals surface area contributed by atoms with Crippen LogP contribution in [0.5, 0.6) is 11.5 Å². The van der Waals surface area contributed by atoms with E-state index in [0.29, 0.717) is 42.9 Å². The zero-order chi connectivity index (χ0) is 34.6. The normalized spacial score (nSPS) is 17.0. The Balaban J connectivity index is 1.69. The number of esters is 1. The van der Waals surface area contributed by atoms with Crippen LogP contribution in [0.4, 0.5) is 5.69 Å². The van der Waals surface area contributed by atoms with Gasteiger partial charge in [-0.25, -0.2) is 10.4 Å². The highest BCUT2D eigenvalue weighted by Crippen LogP contribution is 2.46. The maximum atomic E-state index is 14.3. The van der Waals surface area contributed by atoms with Crippen molar-refractivity contribution in [3.05, 3.63) is 99.9 Å². The number of carbonyl (C=O) groups excluding carboxylic acids is 2. The summed E-state index contributed by atoms with van der Waals surface area (Å²) in [4.78, 5) is 35.2. The highest BCUT2D eigenvalue weighted by atomic mass is 16.6. The van der Waals surface area contributed by atoms with Crippen molar-refractivity contribution in [2.24, 2.45) is 10.1 Å². The molecule has 48 heavy (non-hydrogen) atoms. The lowest BCUT2D eigenvalue weighted by molar-refractivity contribution is -0.155. The summed E-state index contributed by atoms with van der Waals surface area (Å²) in [6.07, 6.45) is -0.216. The fraction of sp³-hybridized carbons (Fsp3) is 0.400. The first-order valence-electron chi connectivity index (χ1n) is 15.7. The highest BCUT2D eigenvalue weighted by molar-refractivity contribution is 6.01. The lowest BCUT2D eigenvalue weighted by Gasteiger charge is -2.31. The quantitative estimate of drug-likeness (QED) is 0.0442. The van der Waals surface area contributed by atoms with Crippen LogP contribution in [-0.4, -0.2) is 60.9 Å². The Labute approximate surface area is 279 Å². The van der Waals surface area contributed by atoms with Crippen LogP contribution in [0, 0.1) is 0 Å². The second-order valence-electron chi connectivity index (χ2n) is 12.1. The molecule has 13 nitrogen and oxygen atoms in total. The first-order valence-corrected chi connectivity index (χ1v) is 15.7. The molecule has 0 radical (unpaired) electrons. The van der Waals surface area contributed by atoms with Gasteiger partial charge in [-0.1, -0.05) is 41.5 Å². The van der Waals surface area contributed by atoms with Crippen LogP contribution in [0.2, 0.25) is 0 Å². The van der Waals surface area contributed by atoms with E-state index in [1.165, 1.54) is 0 Å². The molecule has 1 aliphatic heterocycles. The lowest BCUT2D eigenvalue weighted by atomic mass is 9.83. The van der Waals surface area contributed by atoms with E-state index in [-0.39, 0.29) is 31.0 Å². The van der Waals surface area contributed by atoms with Crippen molar-refractivity contribution >= 4 is 23.5 Å². The van der Waals surface area contributed by atoms with Gasteiger partial charge in [0.25, 0.3) is 5.91 Å². The molecule has 1 heterocycles. The Morgan fingerprint density at radius 1 is 1.08 bits per heavy atom. The largest absolute Gasteiger partial charge is 0.497 e. The molecule has 0 fully saturated rings. The van der Waals surface area contributed by atoms with E-state index in [9.17, 15) is 15.1 Å². The molecule has 13 heteroatoms. The van der Waals surface area contributed by atoms with Crippen molar-refractivity contribution in [1.82, 2.24) is 10.9 Å². The van der Waals surface area contributed by atoms with Crippen molar-refractivity contribution < 1.29 is 33.6 Å². The van der Waals surface area contributed by atoms with Crippen molar-refractivity contribution in [1.29, 1.82) is 0 Å². The number of rotatable bonds is 16. The Morgan fingerprint density at radius 3 is 2.56 bits per heavy atom. The van der Waals surface area contributed by atoms with Gasteiger partial charge in [-0.2, -0.15) is 0 Å². The van der Waals surface area contributed by atoms with Crippen LogP contribution in [0.3, 0.4) is 0 Å². The van der Waals surface area contributed by atoms with E-state index >= 15 is 0 Å². The number of aliphatic hydroxyl groups is 1. The molecule has 3 N–H and O–H groups in total. The van der Waals surface area contributed by atoms with Crippen LogP contribution >= 0.6 is 0 Å². The number of hydrogen-bond acceptors (Lipinski definition) is 10. The topological polar surface area (TPSA) is 176 Å². The Bertz CT molecular complexity index is 1630. The van der Waals surface area contributed by atoms with Crippen molar-refractivity contribution in [2.45, 2.75) is 63.7 Å². The third-order valence-corrected chi connectivity index (χ3v) is 7.41. The van der Waals surface area contributed by atoms with Crippen LogP contribution in [0.15, 0.2) is 82.9 Å². The average Bonchev–Trinajstić information content (AvgIpc) is 3.46. The van der Waals surface area contributed by atoms with Gasteiger partial charge in [-0.05, 0) is 81.1 Å². The Hall–Kier alpha value is -5.10. The molecular weight excluding hydrogens is 616 g/mol. The van der Waals surface area contributed by atoms with Gasteiger partial charge in [-0.3, -0.25) is 15.0 Å². The minimum absolute atomic E-state index is 0.0186. The minimum atomic E-state index is -1.67. The Morgan fingerprint density at radius 2 is 1.85 bits per heavy atom. The molecule has 0 saturated heterocycles. The third kappa shape index (κ3) is 9.47. The first-order chi connectivity index (χ1) is 23.1. The monoisotopic (exact) mass is 658 g/mol. The standard InChI is InChI=1S/C35H42N6O7/c1-34(2,3)48-30(43)17-19-35(33(44)40-37-20-18-24-9-7-10-27(23-24)45-4)31(28-11-5-6-12-29(28)39-41-36)47-32(38-35)25-13-15-26(16-14-25)46-22-8-21-42/h5-7,9-16,23,31,37,42H,8,17-22H2,1-4H3,(H,40,44)/t31-,35-/m0/s1. The number of nitrogens with one attached hydrogen (secondary N) is 2. The molecule has 1 aliphatic rings. The molecule has 0 bridgehead atoms. The second kappa shape index (κ2) is 16.6. The molecule has 3 aromatic rings. The van der Waals surface area contributed by atoms with Gasteiger partial charge in [0.2, 0.25) is 5.90 Å². The number of aliphatic hydroxyl groups excluding tert-OH is 1. The maximum Gasteiger partial charge on any atom is 0.306 e. The number of hydrogen-bond donors (Lipinski definition) is 3. The number of ether oxygens (including phenoxy) is 4. The number of azide groups is 1. The molecule has 3 aromatic carbocycles. The van der Waals surface area contributed by atoms with E-state index < -0.39 is 29.1 Å². The van der Waals surface area contributed by atoms with E-state index in [1.54, 1.807) is 76.4 Å². The summed E-state index contributed by atoms with van der Waals surface area (Å²) in [6.45, 7) is 6.06. The van der Waals surface area contributed by atoms with Gasteiger partial charge in [0, 0.05) is 47.7 Å². The predicted molar refractivity (Wildman–Crippen MR) is 180 cm³/mol. The number of benzene rings is 3. The van der Waals surface area contributed by atoms with Crippen molar-refractivity contribution in [3.8, 4) is 11.5 Å². The van der Waals surface area contributed by atoms with Crippen LogP contribution < -0.4 is 20.3 Å². The lowest BCUT2D eigenvalue weighted by Crippen LogP contribution is -2.53. The van der Waals surface area contributed by atoms with E-state index in [1.807, 2.05) is 24.3 Å². The molecule has 2 atom stereocenters. The van der Waals surface area contributed by atoms with Crippen LogP contribution in [0.25, 0.3) is 10.4 Å². The molecule has 0 unspecified atom stereocenters. The number of aliphatic imine (C=N–C) groups is 1. The second-order valence-corrected chi connectivity index (χ2v) is 12.1. The Kier molecular flexibility index (Phi) is 12.4. The van der Waals surface area contributed by atoms with Crippen LogP contribution in [-0.2, 0) is 25.5 Å². The summed E-state index contributed by atoms with van der Waals surface area (Å²) in [5, 5.41) is 12.9. The fourth-order valence-corrected chi connectivity index (χ4v) is 5.17. The molecule has 0 spiro atoms. The van der Waals surface area contributed by atoms with Crippen molar-refractivity contribution in [2.75, 3.05) is 26.9 Å². The minimum Gasteiger partial charge on any atom is -0.497 e. The molecule has 1 amide bonds.